The van der Waals surface area contributed by atoms with Gasteiger partial charge in [-0.1, -0.05) is 41.9 Å². The van der Waals surface area contributed by atoms with Gasteiger partial charge < -0.3 is 0 Å². The summed E-state index contributed by atoms with van der Waals surface area (Å²) in [7, 11) is 0. The minimum absolute atomic E-state index is 0.845. The van der Waals surface area contributed by atoms with Crippen LogP contribution in [0.4, 0.5) is 0 Å². The van der Waals surface area contributed by atoms with Crippen LogP contribution in [0.15, 0.2) is 28.7 Å². The Morgan fingerprint density at radius 2 is 1.89 bits per heavy atom. The zero-order chi connectivity index (χ0) is 13.0. The molecule has 1 aromatic rings. The summed E-state index contributed by atoms with van der Waals surface area (Å²) in [5.74, 6) is 1.78. The lowest BCUT2D eigenvalue weighted by Gasteiger charge is -2.21. The maximum Gasteiger partial charge on any atom is 0.0233 e. The third kappa shape index (κ3) is 4.10. The fourth-order valence-electron chi connectivity index (χ4n) is 2.85. The van der Waals surface area contributed by atoms with E-state index in [9.17, 15) is 0 Å². The smallest absolute Gasteiger partial charge is 0.0233 e. The summed E-state index contributed by atoms with van der Waals surface area (Å²) in [6.45, 7) is 8.38. The maximum absolute atomic E-state index is 3.49. The Morgan fingerprint density at radius 1 is 1.17 bits per heavy atom. The van der Waals surface area contributed by atoms with E-state index in [-0.39, 0.29) is 0 Å². The molecule has 0 spiro atoms. The first-order valence-electron chi connectivity index (χ1n) is 7.12. The van der Waals surface area contributed by atoms with E-state index in [4.69, 9.17) is 0 Å². The molecule has 0 N–H and O–H groups in total. The Morgan fingerprint density at radius 3 is 2.56 bits per heavy atom. The molecule has 100 valence electrons. The summed E-state index contributed by atoms with van der Waals surface area (Å²) in [6.07, 6.45) is 4.14. The molecule has 1 unspecified atom stereocenters. The number of halogens is 1. The molecule has 2 rings (SSSR count). The highest BCUT2D eigenvalue weighted by Crippen LogP contribution is 2.25. The van der Waals surface area contributed by atoms with Gasteiger partial charge in [0.05, 0.1) is 0 Å². The van der Waals surface area contributed by atoms with Crippen molar-refractivity contribution < 1.29 is 0 Å². The Kier molecular flexibility index (Phi) is 5.25. The van der Waals surface area contributed by atoms with Crippen LogP contribution in [0, 0.1) is 11.8 Å². The van der Waals surface area contributed by atoms with Gasteiger partial charge in [-0.2, -0.15) is 0 Å². The molecule has 18 heavy (non-hydrogen) atoms. The van der Waals surface area contributed by atoms with Crippen molar-refractivity contribution >= 4 is 15.9 Å². The Balaban J connectivity index is 1.88. The van der Waals surface area contributed by atoms with Crippen LogP contribution >= 0.6 is 15.9 Å². The second-order valence-corrected chi connectivity index (χ2v) is 6.75. The predicted molar refractivity (Wildman–Crippen MR) is 81.6 cm³/mol. The van der Waals surface area contributed by atoms with Crippen LogP contribution in [-0.4, -0.2) is 18.0 Å². The van der Waals surface area contributed by atoms with E-state index in [1.54, 1.807) is 0 Å². The lowest BCUT2D eigenvalue weighted by atomic mass is 9.89. The molecule has 0 aliphatic carbocycles. The molecule has 1 saturated heterocycles. The predicted octanol–water partition coefficient (Wildman–Crippen LogP) is 4.71. The third-order valence-corrected chi connectivity index (χ3v) is 4.66. The van der Waals surface area contributed by atoms with E-state index in [0.717, 1.165) is 18.4 Å². The van der Waals surface area contributed by atoms with Gasteiger partial charge in [0.1, 0.15) is 0 Å². The summed E-state index contributed by atoms with van der Waals surface area (Å²) in [5.41, 5.74) is 1.43. The molecule has 0 radical (unpaired) electrons. The van der Waals surface area contributed by atoms with Crippen LogP contribution in [0.5, 0.6) is 0 Å². The molecule has 0 bridgehead atoms. The Labute approximate surface area is 120 Å². The fraction of sp³-hybridized carbons (Fsp3) is 0.625. The summed E-state index contributed by atoms with van der Waals surface area (Å²) in [6, 6.07) is 8.75. The molecule has 0 saturated carbocycles. The third-order valence-electron chi connectivity index (χ3n) is 4.13. The van der Waals surface area contributed by atoms with E-state index in [0.29, 0.717) is 0 Å². The summed E-state index contributed by atoms with van der Waals surface area (Å²) in [5, 5.41) is 0. The number of benzene rings is 1. The minimum atomic E-state index is 0.845. The van der Waals surface area contributed by atoms with Crippen molar-refractivity contribution in [3.63, 3.8) is 0 Å². The molecule has 1 nitrogen and oxygen atoms in total. The molecule has 0 aromatic heterocycles. The first kappa shape index (κ1) is 14.1. The highest BCUT2D eigenvalue weighted by atomic mass is 79.9. The van der Waals surface area contributed by atoms with Crippen molar-refractivity contribution in [1.29, 1.82) is 0 Å². The summed E-state index contributed by atoms with van der Waals surface area (Å²) >= 11 is 3.49. The molecular formula is C16H24BrN. The maximum atomic E-state index is 3.49. The van der Waals surface area contributed by atoms with Crippen molar-refractivity contribution in [1.82, 2.24) is 4.90 Å². The van der Waals surface area contributed by atoms with Gasteiger partial charge in [0.25, 0.3) is 0 Å². The number of nitrogens with zero attached hydrogens (tertiary/aromatic N) is 1. The van der Waals surface area contributed by atoms with Crippen LogP contribution in [0.2, 0.25) is 0 Å². The van der Waals surface area contributed by atoms with Crippen molar-refractivity contribution in [3.8, 4) is 0 Å². The van der Waals surface area contributed by atoms with Crippen LogP contribution in [0.1, 0.15) is 38.7 Å². The molecule has 1 atom stereocenters. The van der Waals surface area contributed by atoms with Gasteiger partial charge in [0, 0.05) is 11.0 Å². The SMILES string of the molecule is CC(C)C1CCCN(Cc2ccc(Br)cc2)CC1. The van der Waals surface area contributed by atoms with E-state index < -0.39 is 0 Å². The molecule has 2 heteroatoms. The van der Waals surface area contributed by atoms with Crippen LogP contribution in [0.25, 0.3) is 0 Å². The lowest BCUT2D eigenvalue weighted by molar-refractivity contribution is 0.265. The molecule has 1 aliphatic heterocycles. The van der Waals surface area contributed by atoms with Gasteiger partial charge in [-0.05, 0) is 61.9 Å². The molecule has 1 aliphatic rings. The van der Waals surface area contributed by atoms with E-state index in [1.165, 1.54) is 42.4 Å². The minimum Gasteiger partial charge on any atom is -0.299 e. The quantitative estimate of drug-likeness (QED) is 0.781. The highest BCUT2D eigenvalue weighted by Gasteiger charge is 2.19. The van der Waals surface area contributed by atoms with Crippen molar-refractivity contribution in [2.24, 2.45) is 11.8 Å². The Bertz CT molecular complexity index is 358. The monoisotopic (exact) mass is 309 g/mol. The Hall–Kier alpha value is -0.340. The average Bonchev–Trinajstić information content (AvgIpc) is 2.58. The topological polar surface area (TPSA) is 3.24 Å². The molecular weight excluding hydrogens is 286 g/mol. The van der Waals surface area contributed by atoms with E-state index >= 15 is 0 Å². The standard InChI is InChI=1S/C16H24BrN/c1-13(2)15-4-3-10-18(11-9-15)12-14-5-7-16(17)8-6-14/h5-8,13,15H,3-4,9-12H2,1-2H3. The number of likely N-dealkylation sites (tertiary alicyclic amines) is 1. The highest BCUT2D eigenvalue weighted by molar-refractivity contribution is 9.10. The molecule has 0 amide bonds. The first-order chi connectivity index (χ1) is 8.65. The second kappa shape index (κ2) is 6.72. The first-order valence-corrected chi connectivity index (χ1v) is 7.91. The van der Waals surface area contributed by atoms with E-state index in [2.05, 4.69) is 58.9 Å². The summed E-state index contributed by atoms with van der Waals surface area (Å²) in [4.78, 5) is 2.62. The van der Waals surface area contributed by atoms with Gasteiger partial charge in [-0.25, -0.2) is 0 Å². The normalized spacial score (nSPS) is 22.1. The zero-order valence-electron chi connectivity index (χ0n) is 11.5. The van der Waals surface area contributed by atoms with Gasteiger partial charge in [-0.15, -0.1) is 0 Å². The number of rotatable bonds is 3. The van der Waals surface area contributed by atoms with Crippen molar-refractivity contribution in [2.75, 3.05) is 13.1 Å². The van der Waals surface area contributed by atoms with Gasteiger partial charge in [0.15, 0.2) is 0 Å². The molecule has 1 aromatic carbocycles. The van der Waals surface area contributed by atoms with Gasteiger partial charge in [-0.3, -0.25) is 4.90 Å². The molecule has 1 fully saturated rings. The lowest BCUT2D eigenvalue weighted by Crippen LogP contribution is -2.24. The van der Waals surface area contributed by atoms with Crippen LogP contribution in [0.3, 0.4) is 0 Å². The van der Waals surface area contributed by atoms with Gasteiger partial charge in [0.2, 0.25) is 0 Å². The average molecular weight is 310 g/mol. The van der Waals surface area contributed by atoms with Crippen LogP contribution < -0.4 is 0 Å². The van der Waals surface area contributed by atoms with Crippen molar-refractivity contribution in [2.45, 2.75) is 39.7 Å². The zero-order valence-corrected chi connectivity index (χ0v) is 13.1. The second-order valence-electron chi connectivity index (χ2n) is 5.84. The van der Waals surface area contributed by atoms with Gasteiger partial charge >= 0.3 is 0 Å². The van der Waals surface area contributed by atoms with Crippen molar-refractivity contribution in [3.05, 3.63) is 34.3 Å². The summed E-state index contributed by atoms with van der Waals surface area (Å²) < 4.78 is 1.17. The fourth-order valence-corrected chi connectivity index (χ4v) is 3.12. The van der Waals surface area contributed by atoms with E-state index in [1.807, 2.05) is 0 Å². The van der Waals surface area contributed by atoms with Crippen LogP contribution in [-0.2, 0) is 6.54 Å². The largest absolute Gasteiger partial charge is 0.299 e. The number of hydrogen-bond acceptors (Lipinski definition) is 1. The molecule has 1 heterocycles. The number of hydrogen-bond donors (Lipinski definition) is 0.